The number of rotatable bonds is 2. The van der Waals surface area contributed by atoms with Crippen molar-refractivity contribution in [1.29, 1.82) is 0 Å². The monoisotopic (exact) mass is 293 g/mol. The standard InChI is InChI=1S/C14H9Cl2NS/c15-8-9-4-5-12-13(6-9)18-14(17-12)10-2-1-3-11(16)7-10/h1-7H,8H2. The first-order valence-electron chi connectivity index (χ1n) is 5.47. The minimum Gasteiger partial charge on any atom is -0.236 e. The van der Waals surface area contributed by atoms with Crippen LogP contribution in [0.4, 0.5) is 0 Å². The first-order chi connectivity index (χ1) is 8.76. The lowest BCUT2D eigenvalue weighted by Crippen LogP contribution is -1.76. The van der Waals surface area contributed by atoms with Crippen molar-refractivity contribution < 1.29 is 0 Å². The van der Waals surface area contributed by atoms with E-state index in [0.29, 0.717) is 5.88 Å². The van der Waals surface area contributed by atoms with Crippen molar-refractivity contribution in [3.63, 3.8) is 0 Å². The van der Waals surface area contributed by atoms with E-state index in [4.69, 9.17) is 23.2 Å². The molecule has 0 bridgehead atoms. The second kappa shape index (κ2) is 4.88. The zero-order valence-electron chi connectivity index (χ0n) is 9.36. The predicted octanol–water partition coefficient (Wildman–Crippen LogP) is 5.36. The summed E-state index contributed by atoms with van der Waals surface area (Å²) in [6.45, 7) is 0. The van der Waals surface area contributed by atoms with Crippen molar-refractivity contribution in [3.8, 4) is 10.6 Å². The van der Waals surface area contributed by atoms with Crippen LogP contribution in [-0.2, 0) is 5.88 Å². The number of thiazole rings is 1. The van der Waals surface area contributed by atoms with Crippen LogP contribution in [0.3, 0.4) is 0 Å². The molecule has 0 fully saturated rings. The normalized spacial score (nSPS) is 11.0. The summed E-state index contributed by atoms with van der Waals surface area (Å²) in [6.07, 6.45) is 0. The highest BCUT2D eigenvalue weighted by Gasteiger charge is 2.07. The van der Waals surface area contributed by atoms with Gasteiger partial charge in [-0.15, -0.1) is 22.9 Å². The zero-order chi connectivity index (χ0) is 12.5. The third-order valence-electron chi connectivity index (χ3n) is 2.68. The number of benzene rings is 2. The van der Waals surface area contributed by atoms with E-state index in [1.165, 1.54) is 0 Å². The SMILES string of the molecule is ClCc1ccc2nc(-c3cccc(Cl)c3)sc2c1. The van der Waals surface area contributed by atoms with E-state index in [2.05, 4.69) is 11.1 Å². The number of halogens is 2. The van der Waals surface area contributed by atoms with Crippen molar-refractivity contribution in [2.24, 2.45) is 0 Å². The Hall–Kier alpha value is -1.09. The number of hydrogen-bond acceptors (Lipinski definition) is 2. The van der Waals surface area contributed by atoms with E-state index < -0.39 is 0 Å². The number of hydrogen-bond donors (Lipinski definition) is 0. The number of nitrogens with zero attached hydrogens (tertiary/aromatic N) is 1. The zero-order valence-corrected chi connectivity index (χ0v) is 11.7. The molecule has 0 spiro atoms. The Labute approximate surface area is 119 Å². The molecule has 0 atom stereocenters. The molecule has 0 aliphatic carbocycles. The highest BCUT2D eigenvalue weighted by Crippen LogP contribution is 2.31. The van der Waals surface area contributed by atoms with Crippen LogP contribution in [0.25, 0.3) is 20.8 Å². The van der Waals surface area contributed by atoms with E-state index in [0.717, 1.165) is 31.4 Å². The van der Waals surface area contributed by atoms with Crippen molar-refractivity contribution in [1.82, 2.24) is 4.98 Å². The number of aromatic nitrogens is 1. The number of alkyl halides is 1. The second-order valence-corrected chi connectivity index (χ2v) is 5.70. The molecule has 1 aromatic heterocycles. The molecule has 3 aromatic rings. The van der Waals surface area contributed by atoms with Crippen LogP contribution in [0.1, 0.15) is 5.56 Å². The molecule has 0 saturated carbocycles. The molecule has 18 heavy (non-hydrogen) atoms. The summed E-state index contributed by atoms with van der Waals surface area (Å²) in [5.74, 6) is 0.528. The molecular weight excluding hydrogens is 285 g/mol. The molecule has 0 N–H and O–H groups in total. The molecule has 1 nitrogen and oxygen atoms in total. The molecule has 0 radical (unpaired) electrons. The predicted molar refractivity (Wildman–Crippen MR) is 79.6 cm³/mol. The fraction of sp³-hybridized carbons (Fsp3) is 0.0714. The Kier molecular flexibility index (Phi) is 3.25. The summed E-state index contributed by atoms with van der Waals surface area (Å²) in [5, 5.41) is 1.72. The van der Waals surface area contributed by atoms with Gasteiger partial charge in [0, 0.05) is 16.5 Å². The average Bonchev–Trinajstić information content (AvgIpc) is 2.81. The van der Waals surface area contributed by atoms with Gasteiger partial charge < -0.3 is 0 Å². The molecule has 0 unspecified atom stereocenters. The van der Waals surface area contributed by atoms with E-state index in [1.807, 2.05) is 36.4 Å². The van der Waals surface area contributed by atoms with Crippen LogP contribution >= 0.6 is 34.5 Å². The summed E-state index contributed by atoms with van der Waals surface area (Å²) in [4.78, 5) is 4.62. The van der Waals surface area contributed by atoms with Gasteiger partial charge in [-0.05, 0) is 29.8 Å². The summed E-state index contributed by atoms with van der Waals surface area (Å²) < 4.78 is 1.16. The lowest BCUT2D eigenvalue weighted by Gasteiger charge is -1.95. The molecule has 1 heterocycles. The first kappa shape index (κ1) is 12.0. The van der Waals surface area contributed by atoms with Crippen molar-refractivity contribution in [2.45, 2.75) is 5.88 Å². The van der Waals surface area contributed by atoms with E-state index in [-0.39, 0.29) is 0 Å². The topological polar surface area (TPSA) is 12.9 Å². The molecule has 4 heteroatoms. The first-order valence-corrected chi connectivity index (χ1v) is 7.20. The Morgan fingerprint density at radius 3 is 2.78 bits per heavy atom. The van der Waals surface area contributed by atoms with Crippen molar-refractivity contribution in [3.05, 3.63) is 53.1 Å². The molecule has 0 saturated heterocycles. The average molecular weight is 294 g/mol. The molecular formula is C14H9Cl2NS. The van der Waals surface area contributed by atoms with Gasteiger partial charge in [-0.2, -0.15) is 0 Å². The third-order valence-corrected chi connectivity index (χ3v) is 4.29. The smallest absolute Gasteiger partial charge is 0.124 e. The van der Waals surface area contributed by atoms with E-state index >= 15 is 0 Å². The molecule has 2 aromatic carbocycles. The maximum atomic E-state index is 6.00. The fourth-order valence-corrected chi connectivity index (χ4v) is 3.18. The molecule has 0 amide bonds. The van der Waals surface area contributed by atoms with E-state index in [1.54, 1.807) is 11.3 Å². The minimum atomic E-state index is 0.528. The second-order valence-electron chi connectivity index (χ2n) is 3.97. The van der Waals surface area contributed by atoms with Gasteiger partial charge in [-0.25, -0.2) is 4.98 Å². The van der Waals surface area contributed by atoms with E-state index in [9.17, 15) is 0 Å². The summed E-state index contributed by atoms with van der Waals surface area (Å²) >= 11 is 13.5. The summed E-state index contributed by atoms with van der Waals surface area (Å²) in [6, 6.07) is 13.9. The Balaban J connectivity index is 2.13. The highest BCUT2D eigenvalue weighted by atomic mass is 35.5. The number of fused-ring (bicyclic) bond motifs is 1. The van der Waals surface area contributed by atoms with Gasteiger partial charge in [0.1, 0.15) is 5.01 Å². The Morgan fingerprint density at radius 1 is 1.11 bits per heavy atom. The van der Waals surface area contributed by atoms with Gasteiger partial charge in [0.15, 0.2) is 0 Å². The van der Waals surface area contributed by atoms with Crippen molar-refractivity contribution in [2.75, 3.05) is 0 Å². The van der Waals surface area contributed by atoms with Gasteiger partial charge in [0.25, 0.3) is 0 Å². The maximum absolute atomic E-state index is 6.00. The molecule has 3 rings (SSSR count). The highest BCUT2D eigenvalue weighted by molar-refractivity contribution is 7.21. The minimum absolute atomic E-state index is 0.528. The van der Waals surface area contributed by atoms with Gasteiger partial charge in [-0.3, -0.25) is 0 Å². The van der Waals surface area contributed by atoms with Crippen LogP contribution in [0.15, 0.2) is 42.5 Å². The Bertz CT molecular complexity index is 706. The molecule has 0 aliphatic heterocycles. The van der Waals surface area contributed by atoms with Crippen LogP contribution in [0, 0.1) is 0 Å². The lowest BCUT2D eigenvalue weighted by molar-refractivity contribution is 1.41. The summed E-state index contributed by atoms with van der Waals surface area (Å²) in [5.41, 5.74) is 3.17. The lowest BCUT2D eigenvalue weighted by atomic mass is 10.2. The van der Waals surface area contributed by atoms with Crippen molar-refractivity contribution >= 4 is 44.8 Å². The van der Waals surface area contributed by atoms with Crippen LogP contribution < -0.4 is 0 Å². The third kappa shape index (κ3) is 2.24. The fourth-order valence-electron chi connectivity index (χ4n) is 1.80. The summed E-state index contributed by atoms with van der Waals surface area (Å²) in [7, 11) is 0. The largest absolute Gasteiger partial charge is 0.236 e. The van der Waals surface area contributed by atoms with Gasteiger partial charge >= 0.3 is 0 Å². The quantitative estimate of drug-likeness (QED) is 0.580. The van der Waals surface area contributed by atoms with Gasteiger partial charge in [0.05, 0.1) is 10.2 Å². The van der Waals surface area contributed by atoms with Gasteiger partial charge in [0.2, 0.25) is 0 Å². The Morgan fingerprint density at radius 2 is 2.00 bits per heavy atom. The molecule has 0 aliphatic rings. The maximum Gasteiger partial charge on any atom is 0.124 e. The van der Waals surface area contributed by atoms with Gasteiger partial charge in [-0.1, -0.05) is 29.8 Å². The van der Waals surface area contributed by atoms with Crippen LogP contribution in [0.5, 0.6) is 0 Å². The van der Waals surface area contributed by atoms with Crippen LogP contribution in [0.2, 0.25) is 5.02 Å². The van der Waals surface area contributed by atoms with Crippen LogP contribution in [-0.4, -0.2) is 4.98 Å². The molecule has 90 valence electrons.